The number of rotatable bonds is 6. The topological polar surface area (TPSA) is 81.5 Å². The summed E-state index contributed by atoms with van der Waals surface area (Å²) in [4.78, 5) is 18.6. The number of pyridine rings is 1. The average Bonchev–Trinajstić information content (AvgIpc) is 3.28. The molecule has 1 unspecified atom stereocenters. The number of aromatic nitrogens is 3. The molecular weight excluding hydrogens is 394 g/mol. The van der Waals surface area contributed by atoms with Crippen LogP contribution in [-0.2, 0) is 4.74 Å². The third-order valence-corrected chi connectivity index (χ3v) is 5.90. The molecule has 0 spiro atoms. The van der Waals surface area contributed by atoms with Crippen LogP contribution in [0.1, 0.15) is 52.2 Å². The molecule has 1 N–H and O–H groups in total. The van der Waals surface area contributed by atoms with E-state index in [1.54, 1.807) is 12.4 Å². The van der Waals surface area contributed by atoms with Crippen LogP contribution in [-0.4, -0.2) is 58.0 Å². The highest BCUT2D eigenvalue weighted by Crippen LogP contribution is 2.28. The Kier molecular flexibility index (Phi) is 7.06. The number of nitrogens with zero attached hydrogens (tertiary/aromatic N) is 4. The van der Waals surface area contributed by atoms with Gasteiger partial charge in [-0.2, -0.15) is 5.10 Å². The Bertz CT molecular complexity index is 837. The number of piperidine rings is 1. The monoisotopic (exact) mass is 427 g/mol. The van der Waals surface area contributed by atoms with Crippen LogP contribution in [0, 0.1) is 5.92 Å². The molecule has 4 rings (SSSR count). The second-order valence-corrected chi connectivity index (χ2v) is 8.71. The SMILES string of the molecule is CC(C)NC(=O)N1CCC(COc2ccc(-c3ccnn3C3CCCCO3)nc2)CC1. The van der Waals surface area contributed by atoms with Crippen molar-refractivity contribution in [2.24, 2.45) is 5.92 Å². The van der Waals surface area contributed by atoms with E-state index in [9.17, 15) is 4.79 Å². The van der Waals surface area contributed by atoms with E-state index < -0.39 is 0 Å². The van der Waals surface area contributed by atoms with Gasteiger partial charge in [0.15, 0.2) is 6.23 Å². The van der Waals surface area contributed by atoms with Crippen molar-refractivity contribution in [3.8, 4) is 17.1 Å². The Hall–Kier alpha value is -2.61. The number of likely N-dealkylation sites (tertiary alicyclic amines) is 1. The molecule has 0 aromatic carbocycles. The van der Waals surface area contributed by atoms with Gasteiger partial charge in [-0.1, -0.05) is 0 Å². The number of nitrogens with one attached hydrogen (secondary N) is 1. The summed E-state index contributed by atoms with van der Waals surface area (Å²) in [6.45, 7) is 6.94. The van der Waals surface area contributed by atoms with Crippen molar-refractivity contribution in [1.82, 2.24) is 25.0 Å². The summed E-state index contributed by atoms with van der Waals surface area (Å²) in [5, 5.41) is 7.42. The first-order valence-electron chi connectivity index (χ1n) is 11.4. The lowest BCUT2D eigenvalue weighted by atomic mass is 9.98. The maximum absolute atomic E-state index is 12.1. The second kappa shape index (κ2) is 10.1. The van der Waals surface area contributed by atoms with Gasteiger partial charge >= 0.3 is 6.03 Å². The van der Waals surface area contributed by atoms with Gasteiger partial charge in [-0.15, -0.1) is 0 Å². The van der Waals surface area contributed by atoms with Crippen LogP contribution in [0.25, 0.3) is 11.4 Å². The Balaban J connectivity index is 1.28. The van der Waals surface area contributed by atoms with Crippen molar-refractivity contribution < 1.29 is 14.3 Å². The van der Waals surface area contributed by atoms with E-state index in [1.165, 1.54) is 0 Å². The van der Waals surface area contributed by atoms with E-state index in [0.29, 0.717) is 12.5 Å². The third kappa shape index (κ3) is 5.55. The normalized spacial score (nSPS) is 20.1. The third-order valence-electron chi connectivity index (χ3n) is 5.90. The predicted molar refractivity (Wildman–Crippen MR) is 118 cm³/mol. The summed E-state index contributed by atoms with van der Waals surface area (Å²) in [5.41, 5.74) is 1.83. The first kappa shape index (κ1) is 21.6. The van der Waals surface area contributed by atoms with E-state index in [-0.39, 0.29) is 18.3 Å². The van der Waals surface area contributed by atoms with Crippen molar-refractivity contribution in [2.45, 2.75) is 58.2 Å². The van der Waals surface area contributed by atoms with Gasteiger partial charge in [-0.3, -0.25) is 4.98 Å². The molecule has 2 saturated heterocycles. The molecule has 2 aliphatic rings. The van der Waals surface area contributed by atoms with Crippen LogP contribution in [0.5, 0.6) is 5.75 Å². The lowest BCUT2D eigenvalue weighted by Gasteiger charge is -2.32. The van der Waals surface area contributed by atoms with Crippen LogP contribution >= 0.6 is 0 Å². The molecule has 0 bridgehead atoms. The number of hydrogen-bond donors (Lipinski definition) is 1. The van der Waals surface area contributed by atoms with E-state index in [0.717, 1.165) is 68.9 Å². The Labute approximate surface area is 183 Å². The molecule has 4 heterocycles. The molecule has 2 fully saturated rings. The number of carbonyl (C=O) groups excluding carboxylic acids is 1. The van der Waals surface area contributed by atoms with Gasteiger partial charge in [0.2, 0.25) is 0 Å². The number of carbonyl (C=O) groups is 1. The molecule has 168 valence electrons. The van der Waals surface area contributed by atoms with Crippen molar-refractivity contribution in [3.63, 3.8) is 0 Å². The summed E-state index contributed by atoms with van der Waals surface area (Å²) in [7, 11) is 0. The first-order valence-corrected chi connectivity index (χ1v) is 11.4. The van der Waals surface area contributed by atoms with E-state index in [2.05, 4.69) is 15.4 Å². The highest BCUT2D eigenvalue weighted by atomic mass is 16.5. The Morgan fingerprint density at radius 2 is 2.06 bits per heavy atom. The summed E-state index contributed by atoms with van der Waals surface area (Å²) in [5.74, 6) is 1.22. The smallest absolute Gasteiger partial charge is 0.317 e. The summed E-state index contributed by atoms with van der Waals surface area (Å²) >= 11 is 0. The molecule has 0 aliphatic carbocycles. The van der Waals surface area contributed by atoms with E-state index in [1.807, 2.05) is 41.6 Å². The van der Waals surface area contributed by atoms with Gasteiger partial charge in [-0.05, 0) is 70.1 Å². The second-order valence-electron chi connectivity index (χ2n) is 8.71. The fourth-order valence-corrected chi connectivity index (χ4v) is 4.14. The van der Waals surface area contributed by atoms with Crippen LogP contribution < -0.4 is 10.1 Å². The van der Waals surface area contributed by atoms with Gasteiger partial charge in [0.1, 0.15) is 5.75 Å². The molecule has 8 nitrogen and oxygen atoms in total. The minimum Gasteiger partial charge on any atom is -0.492 e. The zero-order valence-electron chi connectivity index (χ0n) is 18.5. The van der Waals surface area contributed by atoms with E-state index in [4.69, 9.17) is 9.47 Å². The van der Waals surface area contributed by atoms with Crippen LogP contribution in [0.15, 0.2) is 30.6 Å². The summed E-state index contributed by atoms with van der Waals surface area (Å²) in [6, 6.07) is 6.12. The highest BCUT2D eigenvalue weighted by Gasteiger charge is 2.24. The van der Waals surface area contributed by atoms with Crippen molar-refractivity contribution >= 4 is 6.03 Å². The zero-order chi connectivity index (χ0) is 21.6. The highest BCUT2D eigenvalue weighted by molar-refractivity contribution is 5.74. The predicted octanol–water partition coefficient (Wildman–Crippen LogP) is 3.85. The Morgan fingerprint density at radius 3 is 2.74 bits per heavy atom. The molecule has 1 atom stereocenters. The molecule has 2 aliphatic heterocycles. The maximum atomic E-state index is 12.1. The number of ether oxygens (including phenoxy) is 2. The lowest BCUT2D eigenvalue weighted by molar-refractivity contribution is -0.0384. The minimum atomic E-state index is -0.00929. The van der Waals surface area contributed by atoms with Gasteiger partial charge < -0.3 is 19.7 Å². The van der Waals surface area contributed by atoms with Crippen LogP contribution in [0.2, 0.25) is 0 Å². The number of amides is 2. The van der Waals surface area contributed by atoms with Crippen LogP contribution in [0.4, 0.5) is 4.79 Å². The van der Waals surface area contributed by atoms with Gasteiger partial charge in [0, 0.05) is 31.9 Å². The van der Waals surface area contributed by atoms with Crippen molar-refractivity contribution in [2.75, 3.05) is 26.3 Å². The molecule has 2 amide bonds. The maximum Gasteiger partial charge on any atom is 0.317 e. The zero-order valence-corrected chi connectivity index (χ0v) is 18.5. The van der Waals surface area contributed by atoms with Crippen molar-refractivity contribution in [1.29, 1.82) is 0 Å². The van der Waals surface area contributed by atoms with Gasteiger partial charge in [-0.25, -0.2) is 9.48 Å². The summed E-state index contributed by atoms with van der Waals surface area (Å²) < 4.78 is 13.8. The fraction of sp³-hybridized carbons (Fsp3) is 0.609. The van der Waals surface area contributed by atoms with Gasteiger partial charge in [0.25, 0.3) is 0 Å². The molecule has 0 saturated carbocycles. The van der Waals surface area contributed by atoms with E-state index >= 15 is 0 Å². The number of urea groups is 1. The molecule has 2 aromatic heterocycles. The largest absolute Gasteiger partial charge is 0.492 e. The average molecular weight is 428 g/mol. The quantitative estimate of drug-likeness (QED) is 0.757. The van der Waals surface area contributed by atoms with Crippen molar-refractivity contribution in [3.05, 3.63) is 30.6 Å². The standard InChI is InChI=1S/C23H33N5O3/c1-17(2)26-23(29)27-12-9-18(10-13-27)16-31-19-6-7-20(24-15-19)21-8-11-25-28(21)22-5-3-4-14-30-22/h6-8,11,15,17-18,22H,3-5,9-10,12-14,16H2,1-2H3,(H,26,29). The molecule has 8 heteroatoms. The first-order chi connectivity index (χ1) is 15.1. The summed E-state index contributed by atoms with van der Waals surface area (Å²) in [6.07, 6.45) is 8.73. The molecule has 31 heavy (non-hydrogen) atoms. The fourth-order valence-electron chi connectivity index (χ4n) is 4.14. The molecule has 2 aromatic rings. The molecular formula is C23H33N5O3. The van der Waals surface area contributed by atoms with Crippen LogP contribution in [0.3, 0.4) is 0 Å². The lowest BCUT2D eigenvalue weighted by Crippen LogP contribution is -2.47. The van der Waals surface area contributed by atoms with Gasteiger partial charge in [0.05, 0.1) is 24.2 Å². The minimum absolute atomic E-state index is 0.00929. The molecule has 0 radical (unpaired) electrons. The number of hydrogen-bond acceptors (Lipinski definition) is 5. The Morgan fingerprint density at radius 1 is 1.23 bits per heavy atom.